The van der Waals surface area contributed by atoms with E-state index in [9.17, 15) is 15.3 Å². The Hall–Kier alpha value is -0.240. The molecule has 164 valence electrons. The summed E-state index contributed by atoms with van der Waals surface area (Å²) in [4.78, 5) is 2.50. The molecule has 12 atom stereocenters. The highest BCUT2D eigenvalue weighted by Gasteiger charge is 2.88. The van der Waals surface area contributed by atoms with Crippen LogP contribution >= 0.6 is 0 Å². The number of ether oxygens (including phenoxy) is 2. The summed E-state index contributed by atoms with van der Waals surface area (Å²) in [5.74, 6) is -0.00304. The minimum atomic E-state index is -1.13. The van der Waals surface area contributed by atoms with E-state index in [2.05, 4.69) is 18.7 Å². The molecule has 0 aromatic carbocycles. The molecule has 0 aromatic rings. The van der Waals surface area contributed by atoms with Gasteiger partial charge in [-0.15, -0.1) is 0 Å². The predicted molar refractivity (Wildman–Crippen MR) is 106 cm³/mol. The van der Waals surface area contributed by atoms with Gasteiger partial charge in [-0.05, 0) is 43.6 Å². The maximum Gasteiger partial charge on any atom is 0.0831 e. The average Bonchev–Trinajstić information content (AvgIpc) is 3.14. The van der Waals surface area contributed by atoms with Crippen LogP contribution in [-0.4, -0.2) is 83.1 Å². The van der Waals surface area contributed by atoms with Crippen LogP contribution in [0.15, 0.2) is 0 Å². The van der Waals surface area contributed by atoms with Gasteiger partial charge in [-0.25, -0.2) is 0 Å². The Morgan fingerprint density at radius 2 is 1.90 bits per heavy atom. The smallest absolute Gasteiger partial charge is 0.0831 e. The fraction of sp³-hybridized carbons (Fsp3) is 1.00. The summed E-state index contributed by atoms with van der Waals surface area (Å²) in [6, 6.07) is 0.0268. The molecule has 6 rings (SSSR count). The molecule has 7 bridgehead atoms. The molecular weight excluding hydrogens is 370 g/mol. The SMILES string of the molecule is CCN1CC2(C)CCC(O)C34C1C(CC23)C1(O)CC(OC)C2CC4(O)C1C2OC. The minimum absolute atomic E-state index is 0.0268. The second kappa shape index (κ2) is 5.57. The number of nitrogens with zero attached hydrogens (tertiary/aromatic N) is 1. The molecular formula is C23H37NO5. The Morgan fingerprint density at radius 3 is 2.55 bits per heavy atom. The molecule has 3 N–H and O–H groups in total. The number of hydrogen-bond acceptors (Lipinski definition) is 6. The Labute approximate surface area is 173 Å². The molecule has 5 saturated carbocycles. The summed E-state index contributed by atoms with van der Waals surface area (Å²) < 4.78 is 11.8. The maximum absolute atomic E-state index is 12.7. The van der Waals surface area contributed by atoms with E-state index in [-0.39, 0.29) is 47.3 Å². The topological polar surface area (TPSA) is 82.4 Å². The van der Waals surface area contributed by atoms with Crippen LogP contribution in [0.25, 0.3) is 0 Å². The van der Waals surface area contributed by atoms with Gasteiger partial charge in [0.15, 0.2) is 0 Å². The molecule has 12 unspecified atom stereocenters. The third kappa shape index (κ3) is 1.78. The first-order valence-electron chi connectivity index (χ1n) is 11.7. The number of fused-ring (bicyclic) bond motifs is 2. The van der Waals surface area contributed by atoms with E-state index in [1.165, 1.54) is 0 Å². The van der Waals surface area contributed by atoms with Crippen molar-refractivity contribution in [1.82, 2.24) is 4.90 Å². The van der Waals surface area contributed by atoms with Gasteiger partial charge in [-0.1, -0.05) is 13.8 Å². The monoisotopic (exact) mass is 407 g/mol. The molecule has 6 nitrogen and oxygen atoms in total. The number of rotatable bonds is 3. The fourth-order valence-corrected chi connectivity index (χ4v) is 10.4. The first-order valence-corrected chi connectivity index (χ1v) is 11.7. The maximum atomic E-state index is 12.7. The summed E-state index contributed by atoms with van der Waals surface area (Å²) in [6.45, 7) is 6.45. The van der Waals surface area contributed by atoms with Crippen LogP contribution in [0.5, 0.6) is 0 Å². The van der Waals surface area contributed by atoms with E-state index in [1.54, 1.807) is 14.2 Å². The molecule has 1 spiro atoms. The zero-order valence-corrected chi connectivity index (χ0v) is 18.2. The van der Waals surface area contributed by atoms with E-state index in [0.29, 0.717) is 12.8 Å². The molecule has 0 amide bonds. The second-order valence-corrected chi connectivity index (χ2v) is 11.5. The van der Waals surface area contributed by atoms with Gasteiger partial charge in [-0.2, -0.15) is 0 Å². The van der Waals surface area contributed by atoms with Crippen molar-refractivity contribution >= 4 is 0 Å². The van der Waals surface area contributed by atoms with Gasteiger partial charge in [0, 0.05) is 56.4 Å². The van der Waals surface area contributed by atoms with Crippen LogP contribution in [0, 0.1) is 34.5 Å². The molecule has 1 aliphatic heterocycles. The highest BCUT2D eigenvalue weighted by Crippen LogP contribution is 2.80. The van der Waals surface area contributed by atoms with Crippen LogP contribution in [-0.2, 0) is 9.47 Å². The molecule has 0 radical (unpaired) electrons. The van der Waals surface area contributed by atoms with E-state index >= 15 is 0 Å². The van der Waals surface area contributed by atoms with Crippen molar-refractivity contribution in [3.63, 3.8) is 0 Å². The molecule has 6 heteroatoms. The molecule has 29 heavy (non-hydrogen) atoms. The second-order valence-electron chi connectivity index (χ2n) is 11.5. The predicted octanol–water partition coefficient (Wildman–Crippen LogP) is 1.02. The number of aliphatic hydroxyl groups is 3. The van der Waals surface area contributed by atoms with Gasteiger partial charge in [0.25, 0.3) is 0 Å². The summed E-state index contributed by atoms with van der Waals surface area (Å²) in [5, 5.41) is 36.7. The summed E-state index contributed by atoms with van der Waals surface area (Å²) >= 11 is 0. The van der Waals surface area contributed by atoms with Crippen LogP contribution in [0.1, 0.15) is 46.0 Å². The van der Waals surface area contributed by atoms with Gasteiger partial charge in [0.1, 0.15) is 0 Å². The van der Waals surface area contributed by atoms with Gasteiger partial charge in [-0.3, -0.25) is 4.90 Å². The zero-order chi connectivity index (χ0) is 20.6. The number of piperidine rings is 1. The van der Waals surface area contributed by atoms with Crippen molar-refractivity contribution in [1.29, 1.82) is 0 Å². The number of methoxy groups -OCH3 is 2. The molecule has 1 saturated heterocycles. The molecule has 6 aliphatic rings. The fourth-order valence-electron chi connectivity index (χ4n) is 10.4. The van der Waals surface area contributed by atoms with E-state index in [1.807, 2.05) is 0 Å². The number of hydrogen-bond donors (Lipinski definition) is 3. The largest absolute Gasteiger partial charge is 0.392 e. The highest BCUT2D eigenvalue weighted by molar-refractivity contribution is 5.38. The van der Waals surface area contributed by atoms with Crippen molar-refractivity contribution < 1.29 is 24.8 Å². The van der Waals surface area contributed by atoms with Crippen molar-refractivity contribution in [2.75, 3.05) is 27.3 Å². The molecule has 0 aromatic heterocycles. The third-order valence-corrected chi connectivity index (χ3v) is 11.0. The summed E-state index contributed by atoms with van der Waals surface area (Å²) in [7, 11) is 3.42. The molecule has 1 heterocycles. The summed E-state index contributed by atoms with van der Waals surface area (Å²) in [5.41, 5.74) is -2.65. The van der Waals surface area contributed by atoms with Gasteiger partial charge >= 0.3 is 0 Å². The van der Waals surface area contributed by atoms with Crippen LogP contribution < -0.4 is 0 Å². The molecule has 5 aliphatic carbocycles. The quantitative estimate of drug-likeness (QED) is 0.648. The average molecular weight is 408 g/mol. The lowest BCUT2D eigenvalue weighted by atomic mass is 9.42. The van der Waals surface area contributed by atoms with Crippen LogP contribution in [0.2, 0.25) is 0 Å². The number of likely N-dealkylation sites (tertiary alicyclic amines) is 1. The van der Waals surface area contributed by atoms with Crippen molar-refractivity contribution in [2.45, 2.75) is 81.5 Å². The van der Waals surface area contributed by atoms with E-state index < -0.39 is 22.7 Å². The van der Waals surface area contributed by atoms with Crippen molar-refractivity contribution in [2.24, 2.45) is 34.5 Å². The van der Waals surface area contributed by atoms with E-state index in [4.69, 9.17) is 9.47 Å². The van der Waals surface area contributed by atoms with E-state index in [0.717, 1.165) is 32.4 Å². The summed E-state index contributed by atoms with van der Waals surface area (Å²) in [6.07, 6.45) is 2.88. The molecule has 6 fully saturated rings. The third-order valence-electron chi connectivity index (χ3n) is 11.0. The lowest BCUT2D eigenvalue weighted by molar-refractivity contribution is -0.322. The Morgan fingerprint density at radius 1 is 1.14 bits per heavy atom. The van der Waals surface area contributed by atoms with Crippen molar-refractivity contribution in [3.8, 4) is 0 Å². The van der Waals surface area contributed by atoms with Gasteiger partial charge in [0.05, 0.1) is 29.5 Å². The highest BCUT2D eigenvalue weighted by atomic mass is 16.5. The standard InChI is InChI=1S/C23H37NO5/c1-5-24-11-20(2)7-6-16(25)23-15(20)8-13(19(23)24)21(26)10-14(28-3)12-9-22(23,27)18(21)17(12)29-4/h12-19,25-27H,5-11H2,1-4H3. The Kier molecular flexibility index (Phi) is 3.73. The number of aliphatic hydroxyl groups excluding tert-OH is 1. The minimum Gasteiger partial charge on any atom is -0.392 e. The van der Waals surface area contributed by atoms with Crippen LogP contribution in [0.3, 0.4) is 0 Å². The van der Waals surface area contributed by atoms with Crippen LogP contribution in [0.4, 0.5) is 0 Å². The Balaban J connectivity index is 1.64. The van der Waals surface area contributed by atoms with Gasteiger partial charge in [0.2, 0.25) is 0 Å². The Bertz CT molecular complexity index is 734. The lowest BCUT2D eigenvalue weighted by Gasteiger charge is -2.71. The first kappa shape index (κ1) is 19.4. The first-order chi connectivity index (χ1) is 13.7. The van der Waals surface area contributed by atoms with Gasteiger partial charge < -0.3 is 24.8 Å². The van der Waals surface area contributed by atoms with Crippen molar-refractivity contribution in [3.05, 3.63) is 0 Å². The normalized spacial score (nSPS) is 65.1. The zero-order valence-electron chi connectivity index (χ0n) is 18.2. The lowest BCUT2D eigenvalue weighted by Crippen LogP contribution is -2.81.